The molecule has 2 aromatic heterocycles. The molecule has 146 valence electrons. The Kier molecular flexibility index (Phi) is 5.78. The van der Waals surface area contributed by atoms with Crippen LogP contribution in [0.15, 0.2) is 48.7 Å². The number of aromatic nitrogens is 2. The first-order valence-corrected chi connectivity index (χ1v) is 9.60. The molecule has 2 amide bonds. The second-order valence-electron chi connectivity index (χ2n) is 7.22. The number of rotatable bonds is 6. The van der Waals surface area contributed by atoms with Gasteiger partial charge in [0.2, 0.25) is 5.82 Å². The molecule has 6 heteroatoms. The van der Waals surface area contributed by atoms with Crippen molar-refractivity contribution in [3.05, 3.63) is 65.7 Å². The molecule has 1 aromatic carbocycles. The number of pyridine rings is 1. The Hall–Kier alpha value is -3.15. The van der Waals surface area contributed by atoms with Gasteiger partial charge in [-0.05, 0) is 43.0 Å². The van der Waals surface area contributed by atoms with Crippen LogP contribution in [-0.4, -0.2) is 27.2 Å². The zero-order valence-electron chi connectivity index (χ0n) is 16.7. The highest BCUT2D eigenvalue weighted by atomic mass is 16.2. The van der Waals surface area contributed by atoms with E-state index in [0.29, 0.717) is 5.52 Å². The SMILES string of the molecule is CCC(C)NC(=O)c1nc(C(=O)Nc2ccccc2C(C)C)n2ccccc12. The molecule has 0 aliphatic carbocycles. The lowest BCUT2D eigenvalue weighted by Crippen LogP contribution is -2.32. The van der Waals surface area contributed by atoms with Crippen molar-refractivity contribution in [3.8, 4) is 0 Å². The van der Waals surface area contributed by atoms with E-state index in [1.165, 1.54) is 0 Å². The number of amides is 2. The summed E-state index contributed by atoms with van der Waals surface area (Å²) in [5.74, 6) is -0.176. The minimum atomic E-state index is -0.350. The highest BCUT2D eigenvalue weighted by molar-refractivity contribution is 6.06. The summed E-state index contributed by atoms with van der Waals surface area (Å²) >= 11 is 0. The van der Waals surface area contributed by atoms with Gasteiger partial charge in [-0.15, -0.1) is 0 Å². The van der Waals surface area contributed by atoms with E-state index in [-0.39, 0.29) is 35.3 Å². The van der Waals surface area contributed by atoms with Crippen LogP contribution in [0.2, 0.25) is 0 Å². The van der Waals surface area contributed by atoms with Crippen molar-refractivity contribution >= 4 is 23.0 Å². The van der Waals surface area contributed by atoms with E-state index in [4.69, 9.17) is 0 Å². The molecule has 6 nitrogen and oxygen atoms in total. The second-order valence-corrected chi connectivity index (χ2v) is 7.22. The van der Waals surface area contributed by atoms with Crippen LogP contribution in [0.1, 0.15) is 66.7 Å². The number of hydrogen-bond donors (Lipinski definition) is 2. The van der Waals surface area contributed by atoms with Crippen LogP contribution < -0.4 is 10.6 Å². The number of carbonyl (C=O) groups is 2. The minimum Gasteiger partial charge on any atom is -0.348 e. The molecule has 3 rings (SSSR count). The molecule has 0 saturated heterocycles. The molecule has 2 N–H and O–H groups in total. The monoisotopic (exact) mass is 378 g/mol. The van der Waals surface area contributed by atoms with E-state index < -0.39 is 0 Å². The quantitative estimate of drug-likeness (QED) is 0.674. The number of nitrogens with zero attached hydrogens (tertiary/aromatic N) is 2. The Labute approximate surface area is 165 Å². The Morgan fingerprint density at radius 2 is 1.75 bits per heavy atom. The molecule has 3 aromatic rings. The second kappa shape index (κ2) is 8.25. The third-order valence-corrected chi connectivity index (χ3v) is 4.79. The summed E-state index contributed by atoms with van der Waals surface area (Å²) < 4.78 is 1.65. The highest BCUT2D eigenvalue weighted by Gasteiger charge is 2.22. The van der Waals surface area contributed by atoms with Gasteiger partial charge >= 0.3 is 0 Å². The van der Waals surface area contributed by atoms with Crippen LogP contribution in [0.4, 0.5) is 5.69 Å². The van der Waals surface area contributed by atoms with Crippen LogP contribution in [0.25, 0.3) is 5.52 Å². The van der Waals surface area contributed by atoms with Crippen molar-refractivity contribution < 1.29 is 9.59 Å². The maximum Gasteiger partial charge on any atom is 0.292 e. The van der Waals surface area contributed by atoms with E-state index in [1.54, 1.807) is 16.7 Å². The summed E-state index contributed by atoms with van der Waals surface area (Å²) in [6, 6.07) is 13.2. The van der Waals surface area contributed by atoms with Crippen molar-refractivity contribution in [3.63, 3.8) is 0 Å². The van der Waals surface area contributed by atoms with Crippen LogP contribution in [0, 0.1) is 0 Å². The van der Waals surface area contributed by atoms with Crippen LogP contribution >= 0.6 is 0 Å². The average Bonchev–Trinajstić information content (AvgIpc) is 3.08. The molecule has 1 unspecified atom stereocenters. The van der Waals surface area contributed by atoms with Crippen molar-refractivity contribution in [1.82, 2.24) is 14.7 Å². The number of nitrogens with one attached hydrogen (secondary N) is 2. The Bertz CT molecular complexity index is 1010. The van der Waals surface area contributed by atoms with Crippen molar-refractivity contribution in [2.75, 3.05) is 5.32 Å². The lowest BCUT2D eigenvalue weighted by Gasteiger charge is -2.13. The summed E-state index contributed by atoms with van der Waals surface area (Å²) in [6.45, 7) is 8.09. The lowest BCUT2D eigenvalue weighted by molar-refractivity contribution is 0.0936. The summed E-state index contributed by atoms with van der Waals surface area (Å²) in [7, 11) is 0. The normalized spacial score (nSPS) is 12.2. The Balaban J connectivity index is 1.97. The minimum absolute atomic E-state index is 0.0307. The van der Waals surface area contributed by atoms with Gasteiger partial charge in [0.25, 0.3) is 11.8 Å². The fourth-order valence-corrected chi connectivity index (χ4v) is 3.05. The molecule has 0 bridgehead atoms. The van der Waals surface area contributed by atoms with E-state index in [1.807, 2.05) is 50.2 Å². The number of anilines is 1. The molecule has 1 atom stereocenters. The first-order chi connectivity index (χ1) is 13.4. The maximum absolute atomic E-state index is 13.0. The molecule has 0 fully saturated rings. The topological polar surface area (TPSA) is 75.5 Å². The van der Waals surface area contributed by atoms with Gasteiger partial charge in [-0.1, -0.05) is 45.0 Å². The molecule has 28 heavy (non-hydrogen) atoms. The molecular weight excluding hydrogens is 352 g/mol. The molecule has 0 aliphatic heterocycles. The van der Waals surface area contributed by atoms with Crippen molar-refractivity contribution in [2.45, 2.75) is 46.1 Å². The van der Waals surface area contributed by atoms with E-state index >= 15 is 0 Å². The van der Waals surface area contributed by atoms with Gasteiger partial charge in [-0.2, -0.15) is 0 Å². The molecule has 0 aliphatic rings. The van der Waals surface area contributed by atoms with Gasteiger partial charge in [0.1, 0.15) is 0 Å². The van der Waals surface area contributed by atoms with Crippen molar-refractivity contribution in [1.29, 1.82) is 0 Å². The zero-order chi connectivity index (χ0) is 20.3. The number of imidazole rings is 1. The predicted octanol–water partition coefficient (Wildman–Crippen LogP) is 4.24. The highest BCUT2D eigenvalue weighted by Crippen LogP contribution is 2.24. The fourth-order valence-electron chi connectivity index (χ4n) is 3.05. The van der Waals surface area contributed by atoms with E-state index in [9.17, 15) is 9.59 Å². The molecule has 0 radical (unpaired) electrons. The number of benzene rings is 1. The lowest BCUT2D eigenvalue weighted by atomic mass is 10.0. The Morgan fingerprint density at radius 1 is 1.04 bits per heavy atom. The van der Waals surface area contributed by atoms with Crippen molar-refractivity contribution in [2.24, 2.45) is 0 Å². The third kappa shape index (κ3) is 3.91. The number of hydrogen-bond acceptors (Lipinski definition) is 3. The largest absolute Gasteiger partial charge is 0.348 e. The van der Waals surface area contributed by atoms with Gasteiger partial charge in [0.05, 0.1) is 5.52 Å². The third-order valence-electron chi connectivity index (χ3n) is 4.79. The number of fused-ring (bicyclic) bond motifs is 1. The Morgan fingerprint density at radius 3 is 2.46 bits per heavy atom. The average molecular weight is 378 g/mol. The molecule has 2 heterocycles. The standard InChI is InChI=1S/C22H26N4O2/c1-5-15(4)23-21(27)19-18-12-8-9-13-26(18)20(25-19)22(28)24-17-11-7-6-10-16(17)14(2)3/h6-15H,5H2,1-4H3,(H,23,27)(H,24,28). The first kappa shape index (κ1) is 19.6. The molecule has 0 spiro atoms. The van der Waals surface area contributed by atoms with Gasteiger partial charge in [-0.3, -0.25) is 14.0 Å². The molecular formula is C22H26N4O2. The van der Waals surface area contributed by atoms with Gasteiger partial charge < -0.3 is 10.6 Å². The number of para-hydroxylation sites is 1. The fraction of sp³-hybridized carbons (Fsp3) is 0.318. The summed E-state index contributed by atoms with van der Waals surface area (Å²) in [5.41, 5.74) is 2.65. The van der Waals surface area contributed by atoms with Crippen LogP contribution in [0.3, 0.4) is 0 Å². The predicted molar refractivity (Wildman–Crippen MR) is 111 cm³/mol. The summed E-state index contributed by atoms with van der Waals surface area (Å²) in [5, 5.41) is 5.87. The maximum atomic E-state index is 13.0. The first-order valence-electron chi connectivity index (χ1n) is 9.60. The summed E-state index contributed by atoms with van der Waals surface area (Å²) in [4.78, 5) is 30.0. The van der Waals surface area contributed by atoms with Crippen LogP contribution in [0.5, 0.6) is 0 Å². The van der Waals surface area contributed by atoms with Gasteiger partial charge in [0, 0.05) is 17.9 Å². The van der Waals surface area contributed by atoms with Crippen LogP contribution in [-0.2, 0) is 0 Å². The zero-order valence-corrected chi connectivity index (χ0v) is 16.7. The smallest absolute Gasteiger partial charge is 0.292 e. The molecule has 0 saturated carbocycles. The van der Waals surface area contributed by atoms with E-state index in [0.717, 1.165) is 17.7 Å². The van der Waals surface area contributed by atoms with Gasteiger partial charge in [-0.25, -0.2) is 4.98 Å². The van der Waals surface area contributed by atoms with Gasteiger partial charge in [0.15, 0.2) is 5.69 Å². The number of carbonyl (C=O) groups excluding carboxylic acids is 2. The van der Waals surface area contributed by atoms with E-state index in [2.05, 4.69) is 29.5 Å². The summed E-state index contributed by atoms with van der Waals surface area (Å²) in [6.07, 6.45) is 2.56.